The number of ether oxygens (including phenoxy) is 1. The first-order valence-electron chi connectivity index (χ1n) is 6.95. The van der Waals surface area contributed by atoms with E-state index in [1.165, 1.54) is 18.4 Å². The summed E-state index contributed by atoms with van der Waals surface area (Å²) in [4.78, 5) is 0.319. The summed E-state index contributed by atoms with van der Waals surface area (Å²) in [7, 11) is -1.85. The molecule has 4 nitrogen and oxygen atoms in total. The Labute approximate surface area is 120 Å². The van der Waals surface area contributed by atoms with Crippen molar-refractivity contribution in [2.45, 2.75) is 30.6 Å². The second-order valence-electron chi connectivity index (χ2n) is 5.29. The first-order valence-corrected chi connectivity index (χ1v) is 8.39. The van der Waals surface area contributed by atoms with Crippen LogP contribution in [0.2, 0.25) is 0 Å². The average Bonchev–Trinajstić information content (AvgIpc) is 3.32. The van der Waals surface area contributed by atoms with E-state index in [0.717, 1.165) is 12.8 Å². The van der Waals surface area contributed by atoms with Gasteiger partial charge in [-0.3, -0.25) is 0 Å². The maximum atomic E-state index is 12.6. The third-order valence-corrected chi connectivity index (χ3v) is 5.90. The Morgan fingerprint density at radius 2 is 1.70 bits per heavy atom. The van der Waals surface area contributed by atoms with Gasteiger partial charge in [0.05, 0.1) is 12.0 Å². The third-order valence-electron chi connectivity index (χ3n) is 4.00. The van der Waals surface area contributed by atoms with Crippen molar-refractivity contribution in [2.24, 2.45) is 0 Å². The fourth-order valence-corrected chi connectivity index (χ4v) is 4.15. The van der Waals surface area contributed by atoms with Crippen molar-refractivity contribution in [3.63, 3.8) is 0 Å². The van der Waals surface area contributed by atoms with Crippen LogP contribution in [0.4, 0.5) is 0 Å². The number of hydrogen-bond acceptors (Lipinski definition) is 3. The molecule has 1 saturated heterocycles. The molecule has 1 aromatic rings. The van der Waals surface area contributed by atoms with Crippen molar-refractivity contribution in [3.8, 4) is 5.75 Å². The summed E-state index contributed by atoms with van der Waals surface area (Å²) in [5.74, 6) is 0.573. The molecule has 108 valence electrons. The molecule has 0 unspecified atom stereocenters. The normalized spacial score (nSPS) is 20.1. The van der Waals surface area contributed by atoms with Crippen molar-refractivity contribution in [3.05, 3.63) is 35.4 Å². The maximum absolute atomic E-state index is 12.6. The van der Waals surface area contributed by atoms with Gasteiger partial charge in [0.1, 0.15) is 5.75 Å². The van der Waals surface area contributed by atoms with E-state index >= 15 is 0 Å². The fourth-order valence-electron chi connectivity index (χ4n) is 2.68. The molecule has 1 aliphatic carbocycles. The van der Waals surface area contributed by atoms with Gasteiger partial charge in [0.25, 0.3) is 0 Å². The molecule has 2 aliphatic rings. The number of rotatable bonds is 3. The van der Waals surface area contributed by atoms with Gasteiger partial charge in [0.15, 0.2) is 0 Å². The largest absolute Gasteiger partial charge is 0.497 e. The summed E-state index contributed by atoms with van der Waals surface area (Å²) in [6, 6.07) is 6.69. The lowest BCUT2D eigenvalue weighted by molar-refractivity contribution is 0.385. The number of methoxy groups -OCH3 is 1. The lowest BCUT2D eigenvalue weighted by Crippen LogP contribution is -2.36. The molecule has 0 amide bonds. The van der Waals surface area contributed by atoms with Crippen molar-refractivity contribution < 1.29 is 13.2 Å². The zero-order valence-corrected chi connectivity index (χ0v) is 12.4. The molecule has 0 atom stereocenters. The first-order chi connectivity index (χ1) is 9.61. The van der Waals surface area contributed by atoms with Gasteiger partial charge in [-0.1, -0.05) is 17.2 Å². The van der Waals surface area contributed by atoms with Crippen LogP contribution in [0.5, 0.6) is 5.75 Å². The number of sulfonamides is 1. The van der Waals surface area contributed by atoms with Crippen molar-refractivity contribution in [2.75, 3.05) is 20.2 Å². The number of benzene rings is 1. The summed E-state index contributed by atoms with van der Waals surface area (Å²) in [5, 5.41) is 0. The number of hydrogen-bond donors (Lipinski definition) is 0. The minimum Gasteiger partial charge on any atom is -0.497 e. The van der Waals surface area contributed by atoms with Gasteiger partial charge < -0.3 is 4.74 Å². The monoisotopic (exact) mass is 293 g/mol. The van der Waals surface area contributed by atoms with E-state index in [2.05, 4.69) is 0 Å². The standard InChI is InChI=1S/C15H19NO3S/c1-19-14-3-2-4-15(11-14)20(17,18)16-9-7-13(8-10-16)12-5-6-12/h2-4,11H,5-10H2,1H3. The van der Waals surface area contributed by atoms with Gasteiger partial charge in [0.2, 0.25) is 10.0 Å². The Hall–Kier alpha value is -1.33. The SMILES string of the molecule is COc1cccc(S(=O)(=O)N2CCC(=C3CC3)CC2)c1. The lowest BCUT2D eigenvalue weighted by atomic mass is 10.1. The zero-order valence-electron chi connectivity index (χ0n) is 11.6. The molecule has 2 fully saturated rings. The molecule has 3 rings (SSSR count). The molecular formula is C15H19NO3S. The highest BCUT2D eigenvalue weighted by molar-refractivity contribution is 7.89. The Kier molecular flexibility index (Phi) is 3.56. The van der Waals surface area contributed by atoms with Crippen LogP contribution in [0.1, 0.15) is 25.7 Å². The molecule has 1 aliphatic heterocycles. The van der Waals surface area contributed by atoms with Crippen LogP contribution in [-0.2, 0) is 10.0 Å². The van der Waals surface area contributed by atoms with E-state index in [0.29, 0.717) is 23.7 Å². The van der Waals surface area contributed by atoms with E-state index in [1.807, 2.05) is 0 Å². The van der Waals surface area contributed by atoms with Crippen LogP contribution in [0.3, 0.4) is 0 Å². The molecular weight excluding hydrogens is 274 g/mol. The zero-order chi connectivity index (χ0) is 14.2. The molecule has 0 bridgehead atoms. The summed E-state index contributed by atoms with van der Waals surface area (Å²) < 4.78 is 31.9. The first kappa shape index (κ1) is 13.6. The molecule has 0 N–H and O–H groups in total. The number of allylic oxidation sites excluding steroid dienone is 1. The van der Waals surface area contributed by atoms with E-state index < -0.39 is 10.0 Å². The van der Waals surface area contributed by atoms with Crippen LogP contribution in [0.15, 0.2) is 40.3 Å². The Morgan fingerprint density at radius 3 is 2.30 bits per heavy atom. The highest BCUT2D eigenvalue weighted by atomic mass is 32.2. The van der Waals surface area contributed by atoms with E-state index in [4.69, 9.17) is 4.74 Å². The van der Waals surface area contributed by atoms with Gasteiger partial charge in [-0.25, -0.2) is 8.42 Å². The Balaban J connectivity index is 1.79. The minimum absolute atomic E-state index is 0.319. The van der Waals surface area contributed by atoms with Gasteiger partial charge in [0, 0.05) is 19.2 Å². The molecule has 5 heteroatoms. The van der Waals surface area contributed by atoms with Gasteiger partial charge >= 0.3 is 0 Å². The molecule has 20 heavy (non-hydrogen) atoms. The lowest BCUT2D eigenvalue weighted by Gasteiger charge is -2.27. The molecule has 0 spiro atoms. The highest BCUT2D eigenvalue weighted by Crippen LogP contribution is 2.37. The topological polar surface area (TPSA) is 46.6 Å². The quantitative estimate of drug-likeness (QED) is 0.805. The molecule has 0 radical (unpaired) electrons. The van der Waals surface area contributed by atoms with Crippen molar-refractivity contribution >= 4 is 10.0 Å². The minimum atomic E-state index is -3.39. The Morgan fingerprint density at radius 1 is 1.05 bits per heavy atom. The molecule has 1 saturated carbocycles. The molecule has 0 aromatic heterocycles. The number of piperidine rings is 1. The summed E-state index contributed by atoms with van der Waals surface area (Å²) in [6.45, 7) is 1.19. The maximum Gasteiger partial charge on any atom is 0.243 e. The fraction of sp³-hybridized carbons (Fsp3) is 0.467. The van der Waals surface area contributed by atoms with E-state index in [-0.39, 0.29) is 0 Å². The van der Waals surface area contributed by atoms with Crippen molar-refractivity contribution in [1.82, 2.24) is 4.31 Å². The van der Waals surface area contributed by atoms with E-state index in [1.54, 1.807) is 41.3 Å². The summed E-state index contributed by atoms with van der Waals surface area (Å²) in [5.41, 5.74) is 3.05. The second kappa shape index (κ2) is 5.22. The predicted octanol–water partition coefficient (Wildman–Crippen LogP) is 2.57. The average molecular weight is 293 g/mol. The van der Waals surface area contributed by atoms with Gasteiger partial charge in [-0.2, -0.15) is 4.31 Å². The highest BCUT2D eigenvalue weighted by Gasteiger charge is 2.29. The second-order valence-corrected chi connectivity index (χ2v) is 7.23. The van der Waals surface area contributed by atoms with E-state index in [9.17, 15) is 8.42 Å². The van der Waals surface area contributed by atoms with Crippen LogP contribution in [0.25, 0.3) is 0 Å². The summed E-state index contributed by atoms with van der Waals surface area (Å²) >= 11 is 0. The third kappa shape index (κ3) is 2.60. The van der Waals surface area contributed by atoms with Gasteiger partial charge in [-0.05, 0) is 37.8 Å². The van der Waals surface area contributed by atoms with Crippen LogP contribution in [0, 0.1) is 0 Å². The van der Waals surface area contributed by atoms with Crippen LogP contribution < -0.4 is 4.74 Å². The number of nitrogens with zero attached hydrogens (tertiary/aromatic N) is 1. The van der Waals surface area contributed by atoms with Gasteiger partial charge in [-0.15, -0.1) is 0 Å². The smallest absolute Gasteiger partial charge is 0.243 e. The Bertz CT molecular complexity index is 633. The van der Waals surface area contributed by atoms with Crippen LogP contribution in [-0.4, -0.2) is 32.9 Å². The predicted molar refractivity (Wildman–Crippen MR) is 77.2 cm³/mol. The summed E-state index contributed by atoms with van der Waals surface area (Å²) in [6.07, 6.45) is 4.22. The van der Waals surface area contributed by atoms with Crippen molar-refractivity contribution in [1.29, 1.82) is 0 Å². The molecule has 1 aromatic carbocycles. The van der Waals surface area contributed by atoms with Crippen LogP contribution >= 0.6 is 0 Å². The molecule has 1 heterocycles.